The molecule has 40 heavy (non-hydrogen) atoms. The van der Waals surface area contributed by atoms with E-state index in [1.165, 1.54) is 12.1 Å². The first kappa shape index (κ1) is 25.7. The SMILES string of the molecule is COc1cc2c(cc1OC)-c1cc(C(=O)N[C@@H](CO)Cc3c[nH]c4ccccc34)c(-c3cccc(F)c3)n1CC2. The summed E-state index contributed by atoms with van der Waals surface area (Å²) in [5.74, 6) is 0.526. The van der Waals surface area contributed by atoms with E-state index in [0.29, 0.717) is 47.7 Å². The van der Waals surface area contributed by atoms with Crippen molar-refractivity contribution in [1.29, 1.82) is 0 Å². The number of halogens is 1. The molecule has 0 saturated heterocycles. The van der Waals surface area contributed by atoms with E-state index in [1.807, 2.05) is 54.7 Å². The highest BCUT2D eigenvalue weighted by molar-refractivity contribution is 6.02. The number of fused-ring (bicyclic) bond motifs is 4. The number of para-hydroxylation sites is 1. The fraction of sp³-hybridized carbons (Fsp3) is 0.219. The molecule has 3 N–H and O–H groups in total. The van der Waals surface area contributed by atoms with Gasteiger partial charge in [-0.15, -0.1) is 0 Å². The molecule has 1 aliphatic heterocycles. The number of methoxy groups -OCH3 is 2. The maximum absolute atomic E-state index is 14.4. The molecule has 0 unspecified atom stereocenters. The summed E-state index contributed by atoms with van der Waals surface area (Å²) in [6.07, 6.45) is 3.07. The Morgan fingerprint density at radius 3 is 2.65 bits per heavy atom. The molecule has 0 radical (unpaired) electrons. The van der Waals surface area contributed by atoms with E-state index in [2.05, 4.69) is 14.9 Å². The molecule has 0 bridgehead atoms. The molecule has 204 valence electrons. The lowest BCUT2D eigenvalue weighted by Gasteiger charge is -2.23. The van der Waals surface area contributed by atoms with Gasteiger partial charge in [0.05, 0.1) is 38.1 Å². The minimum absolute atomic E-state index is 0.228. The van der Waals surface area contributed by atoms with Crippen LogP contribution in [0.15, 0.2) is 72.9 Å². The zero-order valence-electron chi connectivity index (χ0n) is 22.3. The van der Waals surface area contributed by atoms with Crippen molar-refractivity contribution in [3.63, 3.8) is 0 Å². The topological polar surface area (TPSA) is 88.5 Å². The van der Waals surface area contributed by atoms with Gasteiger partial charge in [-0.3, -0.25) is 4.79 Å². The Balaban J connectivity index is 1.41. The van der Waals surface area contributed by atoms with E-state index in [-0.39, 0.29) is 18.3 Å². The Morgan fingerprint density at radius 2 is 1.88 bits per heavy atom. The summed E-state index contributed by atoms with van der Waals surface area (Å²) in [7, 11) is 3.19. The number of benzene rings is 3. The van der Waals surface area contributed by atoms with Crippen LogP contribution in [0.4, 0.5) is 4.39 Å². The number of carbonyl (C=O) groups is 1. The van der Waals surface area contributed by atoms with Crippen molar-refractivity contribution >= 4 is 16.8 Å². The minimum atomic E-state index is -0.513. The Morgan fingerprint density at radius 1 is 1.07 bits per heavy atom. The lowest BCUT2D eigenvalue weighted by Crippen LogP contribution is -2.39. The van der Waals surface area contributed by atoms with Crippen molar-refractivity contribution in [3.05, 3.63) is 95.4 Å². The van der Waals surface area contributed by atoms with Crippen LogP contribution < -0.4 is 14.8 Å². The molecule has 5 aromatic rings. The van der Waals surface area contributed by atoms with Gasteiger partial charge in [-0.25, -0.2) is 4.39 Å². The number of aliphatic hydroxyl groups is 1. The van der Waals surface area contributed by atoms with E-state index in [4.69, 9.17) is 9.47 Å². The summed E-state index contributed by atoms with van der Waals surface area (Å²) in [6.45, 7) is 0.379. The normalized spacial score (nSPS) is 13.0. The van der Waals surface area contributed by atoms with Crippen LogP contribution in [0, 0.1) is 5.82 Å². The molecule has 1 amide bonds. The number of aliphatic hydroxyl groups excluding tert-OH is 1. The number of aryl methyl sites for hydroxylation is 1. The number of hydrogen-bond acceptors (Lipinski definition) is 4. The quantitative estimate of drug-likeness (QED) is 0.248. The number of amides is 1. The average molecular weight is 540 g/mol. The summed E-state index contributed by atoms with van der Waals surface area (Å²) in [6, 6.07) is 19.4. The highest BCUT2D eigenvalue weighted by atomic mass is 19.1. The highest BCUT2D eigenvalue weighted by Gasteiger charge is 2.28. The van der Waals surface area contributed by atoms with Crippen LogP contribution in [0.25, 0.3) is 33.4 Å². The van der Waals surface area contributed by atoms with Gasteiger partial charge in [0.25, 0.3) is 5.91 Å². The molecule has 0 aliphatic carbocycles. The third-order valence-corrected chi connectivity index (χ3v) is 7.63. The first-order valence-corrected chi connectivity index (χ1v) is 13.2. The standard InChI is InChI=1S/C32H30FN3O4/c1-39-29-14-19-10-11-36-28(25(19)16-30(29)40-2)15-26(31(36)20-6-5-7-22(33)12-20)32(38)35-23(18-37)13-21-17-34-27-9-4-3-8-24(21)27/h3-9,12,14-17,23,34,37H,10-11,13,18H2,1-2H3,(H,35,38)/t23-/m1/s1. The van der Waals surface area contributed by atoms with Crippen LogP contribution in [0.5, 0.6) is 11.5 Å². The smallest absolute Gasteiger partial charge is 0.253 e. The number of hydrogen-bond donors (Lipinski definition) is 3. The number of aromatic nitrogens is 2. The second-order valence-corrected chi connectivity index (χ2v) is 9.98. The number of H-pyrrole nitrogens is 1. The fourth-order valence-corrected chi connectivity index (χ4v) is 5.71. The first-order valence-electron chi connectivity index (χ1n) is 13.2. The van der Waals surface area contributed by atoms with E-state index in [9.17, 15) is 14.3 Å². The van der Waals surface area contributed by atoms with Crippen molar-refractivity contribution in [2.75, 3.05) is 20.8 Å². The molecule has 7 nitrogen and oxygen atoms in total. The molecule has 0 saturated carbocycles. The lowest BCUT2D eigenvalue weighted by molar-refractivity contribution is 0.0917. The van der Waals surface area contributed by atoms with Gasteiger partial charge in [0.15, 0.2) is 11.5 Å². The van der Waals surface area contributed by atoms with Gasteiger partial charge in [-0.05, 0) is 60.4 Å². The Hall–Kier alpha value is -4.56. The van der Waals surface area contributed by atoms with Gasteiger partial charge in [0.2, 0.25) is 0 Å². The number of nitrogens with zero attached hydrogens (tertiary/aromatic N) is 1. The lowest BCUT2D eigenvalue weighted by atomic mass is 9.97. The van der Waals surface area contributed by atoms with Gasteiger partial charge in [-0.2, -0.15) is 0 Å². The van der Waals surface area contributed by atoms with Crippen LogP contribution >= 0.6 is 0 Å². The van der Waals surface area contributed by atoms with E-state index >= 15 is 0 Å². The third kappa shape index (κ3) is 4.50. The van der Waals surface area contributed by atoms with Gasteiger partial charge in [0, 0.05) is 40.5 Å². The second kappa shape index (κ2) is 10.5. The van der Waals surface area contributed by atoms with Crippen molar-refractivity contribution < 1.29 is 23.8 Å². The van der Waals surface area contributed by atoms with Crippen LogP contribution in [-0.2, 0) is 19.4 Å². The number of ether oxygens (including phenoxy) is 2. The molecule has 8 heteroatoms. The van der Waals surface area contributed by atoms with E-state index < -0.39 is 6.04 Å². The number of aromatic amines is 1. The van der Waals surface area contributed by atoms with Crippen LogP contribution in [0.2, 0.25) is 0 Å². The third-order valence-electron chi connectivity index (χ3n) is 7.63. The van der Waals surface area contributed by atoms with Crippen LogP contribution in [0.3, 0.4) is 0 Å². The summed E-state index contributed by atoms with van der Waals surface area (Å²) in [5.41, 5.74) is 6.51. The predicted molar refractivity (Wildman–Crippen MR) is 152 cm³/mol. The van der Waals surface area contributed by atoms with Crippen LogP contribution in [0.1, 0.15) is 21.5 Å². The largest absolute Gasteiger partial charge is 0.493 e. The molecule has 0 fully saturated rings. The first-order chi connectivity index (χ1) is 19.5. The molecular weight excluding hydrogens is 509 g/mol. The maximum atomic E-state index is 14.4. The predicted octanol–water partition coefficient (Wildman–Crippen LogP) is 5.35. The van der Waals surface area contributed by atoms with Crippen molar-refractivity contribution in [2.24, 2.45) is 0 Å². The minimum Gasteiger partial charge on any atom is -0.493 e. The zero-order valence-corrected chi connectivity index (χ0v) is 22.3. The van der Waals surface area contributed by atoms with Crippen LogP contribution in [-0.4, -0.2) is 47.4 Å². The monoisotopic (exact) mass is 539 g/mol. The fourth-order valence-electron chi connectivity index (χ4n) is 5.71. The zero-order chi connectivity index (χ0) is 27.8. The number of nitrogens with one attached hydrogen (secondary N) is 2. The summed E-state index contributed by atoms with van der Waals surface area (Å²) in [5, 5.41) is 14.3. The Bertz CT molecular complexity index is 1720. The summed E-state index contributed by atoms with van der Waals surface area (Å²) in [4.78, 5) is 17.1. The number of rotatable bonds is 8. The Labute approximate surface area is 231 Å². The average Bonchev–Trinajstić information content (AvgIpc) is 3.58. The van der Waals surface area contributed by atoms with Gasteiger partial charge >= 0.3 is 0 Å². The van der Waals surface area contributed by atoms with E-state index in [0.717, 1.165) is 33.3 Å². The van der Waals surface area contributed by atoms with Crippen molar-refractivity contribution in [1.82, 2.24) is 14.9 Å². The molecule has 6 rings (SSSR count). The molecule has 3 aromatic carbocycles. The van der Waals surface area contributed by atoms with Gasteiger partial charge < -0.3 is 29.4 Å². The molecule has 1 aliphatic rings. The van der Waals surface area contributed by atoms with Gasteiger partial charge in [-0.1, -0.05) is 30.3 Å². The summed E-state index contributed by atoms with van der Waals surface area (Å²) < 4.78 is 27.5. The van der Waals surface area contributed by atoms with Crippen molar-refractivity contribution in [2.45, 2.75) is 25.4 Å². The molecule has 2 aromatic heterocycles. The van der Waals surface area contributed by atoms with E-state index in [1.54, 1.807) is 20.3 Å². The maximum Gasteiger partial charge on any atom is 0.253 e. The summed E-state index contributed by atoms with van der Waals surface area (Å²) >= 11 is 0. The van der Waals surface area contributed by atoms with Crippen molar-refractivity contribution in [3.8, 4) is 34.0 Å². The second-order valence-electron chi connectivity index (χ2n) is 9.98. The molecule has 3 heterocycles. The number of carbonyl (C=O) groups excluding carboxylic acids is 1. The molecule has 0 spiro atoms. The molecular formula is C32H30FN3O4. The van der Waals surface area contributed by atoms with Gasteiger partial charge in [0.1, 0.15) is 5.82 Å². The molecule has 1 atom stereocenters. The Kier molecular flexibility index (Phi) is 6.77. The highest BCUT2D eigenvalue weighted by Crippen LogP contribution is 2.42.